The summed E-state index contributed by atoms with van der Waals surface area (Å²) in [6, 6.07) is 4.05. The highest BCUT2D eigenvalue weighted by Gasteiger charge is 2.07. The molecule has 0 amide bonds. The summed E-state index contributed by atoms with van der Waals surface area (Å²) in [4.78, 5) is 10.9. The molecule has 82 valence electrons. The van der Waals surface area contributed by atoms with Crippen molar-refractivity contribution in [1.82, 2.24) is 0 Å². The fourth-order valence-electron chi connectivity index (χ4n) is 1.58. The molecule has 0 saturated carbocycles. The van der Waals surface area contributed by atoms with Crippen molar-refractivity contribution in [2.45, 2.75) is 20.8 Å². The van der Waals surface area contributed by atoms with Crippen LogP contribution in [0.2, 0.25) is 0 Å². The minimum absolute atomic E-state index is 0.0404. The number of hydrogen-bond donors (Lipinski definition) is 0. The van der Waals surface area contributed by atoms with Crippen molar-refractivity contribution in [3.63, 3.8) is 0 Å². The van der Waals surface area contributed by atoms with Gasteiger partial charge < -0.3 is 9.47 Å². The van der Waals surface area contributed by atoms with Gasteiger partial charge in [-0.2, -0.15) is 0 Å². The van der Waals surface area contributed by atoms with Crippen LogP contribution in [-0.4, -0.2) is 19.7 Å². The monoisotopic (exact) mass is 208 g/mol. The molecule has 3 heteroatoms. The van der Waals surface area contributed by atoms with Gasteiger partial charge in [-0.25, -0.2) is 4.79 Å². The van der Waals surface area contributed by atoms with E-state index >= 15 is 0 Å². The minimum Gasteiger partial charge on any atom is -0.481 e. The lowest BCUT2D eigenvalue weighted by atomic mass is 10.1. The number of carbonyl (C=O) groups excluding carboxylic acids is 1. The van der Waals surface area contributed by atoms with Crippen molar-refractivity contribution < 1.29 is 14.3 Å². The molecule has 0 atom stereocenters. The van der Waals surface area contributed by atoms with Gasteiger partial charge in [0.25, 0.3) is 0 Å². The van der Waals surface area contributed by atoms with Crippen LogP contribution in [0.3, 0.4) is 0 Å². The average molecular weight is 208 g/mol. The Morgan fingerprint density at radius 2 is 1.73 bits per heavy atom. The summed E-state index contributed by atoms with van der Waals surface area (Å²) in [6.07, 6.45) is 0. The Balaban J connectivity index is 2.81. The van der Waals surface area contributed by atoms with Crippen molar-refractivity contribution in [3.8, 4) is 5.75 Å². The van der Waals surface area contributed by atoms with Gasteiger partial charge in [0.05, 0.1) is 7.11 Å². The molecule has 0 radical (unpaired) electrons. The highest BCUT2D eigenvalue weighted by Crippen LogP contribution is 2.24. The Hall–Kier alpha value is -1.51. The van der Waals surface area contributed by atoms with Gasteiger partial charge in [0, 0.05) is 0 Å². The lowest BCUT2D eigenvalue weighted by molar-refractivity contribution is -0.142. The van der Waals surface area contributed by atoms with Crippen molar-refractivity contribution in [1.29, 1.82) is 0 Å². The smallest absolute Gasteiger partial charge is 0.343 e. The topological polar surface area (TPSA) is 35.5 Å². The van der Waals surface area contributed by atoms with E-state index in [1.165, 1.54) is 12.7 Å². The summed E-state index contributed by atoms with van der Waals surface area (Å²) >= 11 is 0. The van der Waals surface area contributed by atoms with E-state index in [2.05, 4.69) is 4.74 Å². The number of carbonyl (C=O) groups is 1. The first-order valence-electron chi connectivity index (χ1n) is 4.82. The van der Waals surface area contributed by atoms with Crippen molar-refractivity contribution >= 4 is 5.97 Å². The maximum atomic E-state index is 10.9. The van der Waals surface area contributed by atoms with Crippen molar-refractivity contribution in [3.05, 3.63) is 28.8 Å². The Bertz CT molecular complexity index is 346. The van der Waals surface area contributed by atoms with E-state index in [-0.39, 0.29) is 12.6 Å². The van der Waals surface area contributed by atoms with Gasteiger partial charge in [0.1, 0.15) is 5.75 Å². The predicted molar refractivity (Wildman–Crippen MR) is 58.2 cm³/mol. The Kier molecular flexibility index (Phi) is 3.72. The first-order valence-corrected chi connectivity index (χ1v) is 4.82. The molecule has 1 aromatic carbocycles. The number of methoxy groups -OCH3 is 1. The fraction of sp³-hybridized carbons (Fsp3) is 0.417. The number of aryl methyl sites for hydroxylation is 3. The largest absolute Gasteiger partial charge is 0.481 e. The second-order valence-corrected chi connectivity index (χ2v) is 3.59. The van der Waals surface area contributed by atoms with Gasteiger partial charge in [-0.05, 0) is 31.9 Å². The van der Waals surface area contributed by atoms with Crippen LogP contribution < -0.4 is 4.74 Å². The van der Waals surface area contributed by atoms with E-state index in [0.717, 1.165) is 16.9 Å². The zero-order chi connectivity index (χ0) is 11.4. The Morgan fingerprint density at radius 1 is 1.20 bits per heavy atom. The molecule has 0 aromatic heterocycles. The predicted octanol–water partition coefficient (Wildman–Crippen LogP) is 2.16. The van der Waals surface area contributed by atoms with Gasteiger partial charge in [-0.15, -0.1) is 0 Å². The summed E-state index contributed by atoms with van der Waals surface area (Å²) in [5.41, 5.74) is 3.27. The molecule has 0 N–H and O–H groups in total. The van der Waals surface area contributed by atoms with E-state index < -0.39 is 0 Å². The van der Waals surface area contributed by atoms with E-state index in [9.17, 15) is 4.79 Å². The molecule has 0 bridgehead atoms. The quantitative estimate of drug-likeness (QED) is 0.714. The zero-order valence-corrected chi connectivity index (χ0v) is 9.59. The van der Waals surface area contributed by atoms with E-state index in [4.69, 9.17) is 4.74 Å². The Morgan fingerprint density at radius 3 is 2.20 bits per heavy atom. The molecule has 0 spiro atoms. The highest BCUT2D eigenvalue weighted by molar-refractivity contribution is 5.71. The second kappa shape index (κ2) is 4.82. The molecule has 0 unspecified atom stereocenters. The molecule has 0 saturated heterocycles. The van der Waals surface area contributed by atoms with Crippen LogP contribution in [0.15, 0.2) is 12.1 Å². The number of esters is 1. The third-order valence-electron chi connectivity index (χ3n) is 2.17. The lowest BCUT2D eigenvalue weighted by Crippen LogP contribution is -2.13. The molecule has 0 aliphatic rings. The second-order valence-electron chi connectivity index (χ2n) is 3.59. The van der Waals surface area contributed by atoms with Gasteiger partial charge in [-0.1, -0.05) is 17.7 Å². The molecule has 3 nitrogen and oxygen atoms in total. The summed E-state index contributed by atoms with van der Waals surface area (Å²) in [6.45, 7) is 5.92. The molecule has 0 aliphatic heterocycles. The molecular formula is C12H16O3. The number of ether oxygens (including phenoxy) is 2. The zero-order valence-electron chi connectivity index (χ0n) is 9.59. The summed E-state index contributed by atoms with van der Waals surface area (Å²) in [5.74, 6) is 0.403. The number of rotatable bonds is 3. The lowest BCUT2D eigenvalue weighted by Gasteiger charge is -2.11. The third-order valence-corrected chi connectivity index (χ3v) is 2.17. The highest BCUT2D eigenvalue weighted by atomic mass is 16.6. The summed E-state index contributed by atoms with van der Waals surface area (Å²) in [7, 11) is 1.35. The van der Waals surface area contributed by atoms with Crippen LogP contribution in [0.4, 0.5) is 0 Å². The molecule has 0 fully saturated rings. The van der Waals surface area contributed by atoms with E-state index in [0.29, 0.717) is 0 Å². The molecule has 15 heavy (non-hydrogen) atoms. The molecule has 0 aliphatic carbocycles. The van der Waals surface area contributed by atoms with E-state index in [1.807, 2.05) is 32.9 Å². The molecule has 1 rings (SSSR count). The fourth-order valence-corrected chi connectivity index (χ4v) is 1.58. The first kappa shape index (κ1) is 11.6. The van der Waals surface area contributed by atoms with Gasteiger partial charge in [0.15, 0.2) is 6.61 Å². The normalized spacial score (nSPS) is 9.87. The Labute approximate surface area is 90.0 Å². The van der Waals surface area contributed by atoms with Crippen LogP contribution >= 0.6 is 0 Å². The van der Waals surface area contributed by atoms with E-state index in [1.54, 1.807) is 0 Å². The summed E-state index contributed by atoms with van der Waals surface area (Å²) in [5, 5.41) is 0. The van der Waals surface area contributed by atoms with Crippen LogP contribution in [0.1, 0.15) is 16.7 Å². The van der Waals surface area contributed by atoms with Gasteiger partial charge >= 0.3 is 5.97 Å². The van der Waals surface area contributed by atoms with Crippen LogP contribution in [0.5, 0.6) is 5.75 Å². The standard InChI is InChI=1S/C12H16O3/c1-8-5-9(2)12(10(3)6-8)15-7-11(13)14-4/h5-6H,7H2,1-4H3. The maximum Gasteiger partial charge on any atom is 0.343 e. The molecule has 0 heterocycles. The number of hydrogen-bond acceptors (Lipinski definition) is 3. The van der Waals surface area contributed by atoms with Crippen molar-refractivity contribution in [2.75, 3.05) is 13.7 Å². The first-order chi connectivity index (χ1) is 7.04. The SMILES string of the molecule is COC(=O)COc1c(C)cc(C)cc1C. The molecular weight excluding hydrogens is 192 g/mol. The maximum absolute atomic E-state index is 10.9. The van der Waals surface area contributed by atoms with Crippen LogP contribution in [-0.2, 0) is 9.53 Å². The van der Waals surface area contributed by atoms with Gasteiger partial charge in [-0.3, -0.25) is 0 Å². The minimum atomic E-state index is -0.366. The summed E-state index contributed by atoms with van der Waals surface area (Å²) < 4.78 is 9.91. The van der Waals surface area contributed by atoms with Crippen molar-refractivity contribution in [2.24, 2.45) is 0 Å². The number of benzene rings is 1. The van der Waals surface area contributed by atoms with Gasteiger partial charge in [0.2, 0.25) is 0 Å². The average Bonchev–Trinajstić information content (AvgIpc) is 2.15. The molecule has 1 aromatic rings. The van der Waals surface area contributed by atoms with Crippen LogP contribution in [0.25, 0.3) is 0 Å². The van der Waals surface area contributed by atoms with Crippen LogP contribution in [0, 0.1) is 20.8 Å². The third kappa shape index (κ3) is 2.98.